The number of nitrogens with zero attached hydrogens (tertiary/aromatic N) is 3. The average Bonchev–Trinajstić information content (AvgIpc) is 3.46. The quantitative estimate of drug-likeness (QED) is 0.520. The minimum absolute atomic E-state index is 0.165. The van der Waals surface area contributed by atoms with E-state index in [0.717, 1.165) is 22.0 Å². The van der Waals surface area contributed by atoms with Gasteiger partial charge in [-0.05, 0) is 42.5 Å². The predicted molar refractivity (Wildman–Crippen MR) is 109 cm³/mol. The molecule has 4 aromatic rings. The standard InChI is InChI=1S/C22H19N3O5/c1-28-16-4-5-17-14(12-16)11-15-13-19(30-20(15)23-17)22(27)25-8-6-24(7-9-25)21(26)18-3-2-10-29-18/h2-5,10-13H,6-9H2,1H3. The fourth-order valence-electron chi connectivity index (χ4n) is 3.67. The van der Waals surface area contributed by atoms with Crippen molar-refractivity contribution < 1.29 is 23.2 Å². The molecule has 0 N–H and O–H groups in total. The van der Waals surface area contributed by atoms with E-state index in [1.165, 1.54) is 6.26 Å². The number of rotatable bonds is 3. The second kappa shape index (κ2) is 7.22. The molecule has 8 nitrogen and oxygen atoms in total. The number of benzene rings is 1. The van der Waals surface area contributed by atoms with Crippen LogP contribution in [0.2, 0.25) is 0 Å². The van der Waals surface area contributed by atoms with Crippen LogP contribution in [-0.2, 0) is 0 Å². The monoisotopic (exact) mass is 405 g/mol. The fourth-order valence-corrected chi connectivity index (χ4v) is 3.67. The Bertz CT molecular complexity index is 1240. The van der Waals surface area contributed by atoms with Crippen molar-refractivity contribution in [3.8, 4) is 5.75 Å². The van der Waals surface area contributed by atoms with Gasteiger partial charge in [0.05, 0.1) is 18.9 Å². The van der Waals surface area contributed by atoms with Gasteiger partial charge in [-0.3, -0.25) is 9.59 Å². The normalized spacial score (nSPS) is 14.4. The molecular formula is C22H19N3O5. The summed E-state index contributed by atoms with van der Waals surface area (Å²) in [6.07, 6.45) is 1.47. The van der Waals surface area contributed by atoms with Crippen molar-refractivity contribution in [2.24, 2.45) is 0 Å². The lowest BCUT2D eigenvalue weighted by Gasteiger charge is -2.33. The lowest BCUT2D eigenvalue weighted by molar-refractivity contribution is 0.0503. The summed E-state index contributed by atoms with van der Waals surface area (Å²) in [5.41, 5.74) is 1.18. The molecule has 0 aliphatic carbocycles. The van der Waals surface area contributed by atoms with Crippen molar-refractivity contribution in [3.63, 3.8) is 0 Å². The maximum Gasteiger partial charge on any atom is 0.289 e. The molecule has 3 aromatic heterocycles. The van der Waals surface area contributed by atoms with Crippen molar-refractivity contribution in [1.29, 1.82) is 0 Å². The number of ether oxygens (including phenoxy) is 1. The van der Waals surface area contributed by atoms with E-state index in [1.54, 1.807) is 35.1 Å². The third kappa shape index (κ3) is 3.16. The van der Waals surface area contributed by atoms with Gasteiger partial charge in [0.25, 0.3) is 11.8 Å². The van der Waals surface area contributed by atoms with Gasteiger partial charge in [0.15, 0.2) is 11.5 Å². The van der Waals surface area contributed by atoms with Crippen molar-refractivity contribution in [3.05, 3.63) is 60.2 Å². The smallest absolute Gasteiger partial charge is 0.289 e. The molecule has 1 fully saturated rings. The van der Waals surface area contributed by atoms with Gasteiger partial charge >= 0.3 is 0 Å². The van der Waals surface area contributed by atoms with Crippen molar-refractivity contribution in [2.75, 3.05) is 33.3 Å². The lowest BCUT2D eigenvalue weighted by Crippen LogP contribution is -2.50. The molecule has 1 aliphatic heterocycles. The molecule has 0 radical (unpaired) electrons. The van der Waals surface area contributed by atoms with Crippen LogP contribution in [0.5, 0.6) is 5.75 Å². The molecule has 1 saturated heterocycles. The number of hydrogen-bond acceptors (Lipinski definition) is 6. The summed E-state index contributed by atoms with van der Waals surface area (Å²) in [7, 11) is 1.61. The molecule has 1 aliphatic rings. The minimum atomic E-state index is -0.209. The van der Waals surface area contributed by atoms with Crippen LogP contribution < -0.4 is 4.74 Å². The number of methoxy groups -OCH3 is 1. The first-order valence-corrected chi connectivity index (χ1v) is 9.63. The maximum absolute atomic E-state index is 12.9. The molecule has 152 valence electrons. The largest absolute Gasteiger partial charge is 0.497 e. The van der Waals surface area contributed by atoms with Crippen molar-refractivity contribution >= 4 is 33.8 Å². The highest BCUT2D eigenvalue weighted by Gasteiger charge is 2.28. The van der Waals surface area contributed by atoms with Crippen LogP contribution in [0.15, 0.2) is 57.6 Å². The maximum atomic E-state index is 12.9. The summed E-state index contributed by atoms with van der Waals surface area (Å²) >= 11 is 0. The molecule has 0 saturated carbocycles. The zero-order valence-electron chi connectivity index (χ0n) is 16.3. The van der Waals surface area contributed by atoms with E-state index in [4.69, 9.17) is 13.6 Å². The Balaban J connectivity index is 1.33. The molecule has 1 aromatic carbocycles. The molecule has 0 spiro atoms. The Morgan fingerprint density at radius 1 is 0.933 bits per heavy atom. The molecule has 8 heteroatoms. The highest BCUT2D eigenvalue weighted by Crippen LogP contribution is 2.26. The van der Waals surface area contributed by atoms with Crippen LogP contribution in [0.4, 0.5) is 0 Å². The topological polar surface area (TPSA) is 89.0 Å². The van der Waals surface area contributed by atoms with Gasteiger partial charge in [-0.2, -0.15) is 0 Å². The SMILES string of the molecule is COc1ccc2nc3oc(C(=O)N4CCN(C(=O)c5ccco5)CC4)cc3cc2c1. The van der Waals surface area contributed by atoms with E-state index in [-0.39, 0.29) is 17.6 Å². The molecule has 0 atom stereocenters. The second-order valence-corrected chi connectivity index (χ2v) is 7.11. The van der Waals surface area contributed by atoms with Crippen molar-refractivity contribution in [2.45, 2.75) is 0 Å². The van der Waals surface area contributed by atoms with Crippen molar-refractivity contribution in [1.82, 2.24) is 14.8 Å². The molecule has 2 amide bonds. The van der Waals surface area contributed by atoms with Crippen LogP contribution in [0.25, 0.3) is 22.0 Å². The van der Waals surface area contributed by atoms with Crippen LogP contribution in [0.1, 0.15) is 21.1 Å². The minimum Gasteiger partial charge on any atom is -0.497 e. The van der Waals surface area contributed by atoms with Gasteiger partial charge in [-0.15, -0.1) is 0 Å². The first-order valence-electron chi connectivity index (χ1n) is 9.63. The Labute approximate surface area is 171 Å². The van der Waals surface area contributed by atoms with E-state index in [1.807, 2.05) is 24.3 Å². The molecule has 0 unspecified atom stereocenters. The van der Waals surface area contributed by atoms with E-state index in [0.29, 0.717) is 37.7 Å². The van der Waals surface area contributed by atoms with Crippen LogP contribution in [-0.4, -0.2) is 59.9 Å². The Kier molecular flexibility index (Phi) is 4.39. The zero-order chi connectivity index (χ0) is 20.7. The number of aromatic nitrogens is 1. The second-order valence-electron chi connectivity index (χ2n) is 7.11. The molecule has 30 heavy (non-hydrogen) atoms. The third-order valence-corrected chi connectivity index (χ3v) is 5.30. The predicted octanol–water partition coefficient (Wildman–Crippen LogP) is 3.18. The number of piperazine rings is 1. The zero-order valence-corrected chi connectivity index (χ0v) is 16.3. The van der Waals surface area contributed by atoms with E-state index in [2.05, 4.69) is 4.98 Å². The summed E-state index contributed by atoms with van der Waals surface area (Å²) in [4.78, 5) is 33.2. The van der Waals surface area contributed by atoms with Crippen LogP contribution in [0, 0.1) is 0 Å². The number of furan rings is 2. The summed E-state index contributed by atoms with van der Waals surface area (Å²) < 4.78 is 16.2. The van der Waals surface area contributed by atoms with Crippen LogP contribution in [0.3, 0.4) is 0 Å². The third-order valence-electron chi connectivity index (χ3n) is 5.30. The first-order chi connectivity index (χ1) is 14.6. The Morgan fingerprint density at radius 2 is 1.67 bits per heavy atom. The summed E-state index contributed by atoms with van der Waals surface area (Å²) in [6.45, 7) is 1.73. The molecule has 0 bridgehead atoms. The first kappa shape index (κ1) is 18.2. The van der Waals surface area contributed by atoms with Gasteiger partial charge in [0, 0.05) is 37.0 Å². The fraction of sp³-hybridized carbons (Fsp3) is 0.227. The number of carbonyl (C=O) groups excluding carboxylic acids is 2. The van der Waals surface area contributed by atoms with Gasteiger partial charge in [-0.1, -0.05) is 0 Å². The molecule has 5 rings (SSSR count). The molecular weight excluding hydrogens is 386 g/mol. The number of amides is 2. The van der Waals surface area contributed by atoms with E-state index >= 15 is 0 Å². The Morgan fingerprint density at radius 3 is 2.33 bits per heavy atom. The number of pyridine rings is 1. The lowest BCUT2D eigenvalue weighted by atomic mass is 10.2. The highest BCUT2D eigenvalue weighted by molar-refractivity contribution is 5.98. The van der Waals surface area contributed by atoms with Gasteiger partial charge < -0.3 is 23.4 Å². The number of hydrogen-bond donors (Lipinski definition) is 0. The van der Waals surface area contributed by atoms with E-state index in [9.17, 15) is 9.59 Å². The van der Waals surface area contributed by atoms with E-state index < -0.39 is 0 Å². The summed E-state index contributed by atoms with van der Waals surface area (Å²) in [6, 6.07) is 12.5. The summed E-state index contributed by atoms with van der Waals surface area (Å²) in [5, 5.41) is 1.66. The highest BCUT2D eigenvalue weighted by atomic mass is 16.5. The molecule has 4 heterocycles. The van der Waals surface area contributed by atoms with Gasteiger partial charge in [-0.25, -0.2) is 4.98 Å². The Hall–Kier alpha value is -3.81. The summed E-state index contributed by atoms with van der Waals surface area (Å²) in [5.74, 6) is 0.916. The van der Waals surface area contributed by atoms with Gasteiger partial charge in [0.1, 0.15) is 5.75 Å². The van der Waals surface area contributed by atoms with Crippen LogP contribution >= 0.6 is 0 Å². The van der Waals surface area contributed by atoms with Gasteiger partial charge in [0.2, 0.25) is 5.71 Å². The number of carbonyl (C=O) groups is 2. The number of fused-ring (bicyclic) bond motifs is 2. The average molecular weight is 405 g/mol.